The van der Waals surface area contributed by atoms with Crippen molar-refractivity contribution in [3.8, 4) is 0 Å². The fourth-order valence-corrected chi connectivity index (χ4v) is 2.67. The van der Waals surface area contributed by atoms with Gasteiger partial charge in [-0.25, -0.2) is 14.6 Å². The Morgan fingerprint density at radius 1 is 0.920 bits per heavy atom. The van der Waals surface area contributed by atoms with Crippen LogP contribution in [0.25, 0.3) is 23.1 Å². The van der Waals surface area contributed by atoms with Crippen LogP contribution in [0.15, 0.2) is 48.5 Å². The molecule has 0 unspecified atom stereocenters. The van der Waals surface area contributed by atoms with E-state index >= 15 is 0 Å². The van der Waals surface area contributed by atoms with Crippen LogP contribution in [0, 0.1) is 0 Å². The van der Waals surface area contributed by atoms with Gasteiger partial charge in [0.05, 0.1) is 22.3 Å². The van der Waals surface area contributed by atoms with Crippen LogP contribution in [0.4, 0.5) is 0 Å². The van der Waals surface area contributed by atoms with Crippen molar-refractivity contribution >= 4 is 46.6 Å². The third kappa shape index (κ3) is 3.51. The van der Waals surface area contributed by atoms with Crippen molar-refractivity contribution in [2.24, 2.45) is 0 Å². The van der Waals surface area contributed by atoms with Crippen LogP contribution < -0.4 is 0 Å². The van der Waals surface area contributed by atoms with Gasteiger partial charge in [0.15, 0.2) is 0 Å². The first kappa shape index (κ1) is 16.7. The summed E-state index contributed by atoms with van der Waals surface area (Å²) in [7, 11) is 0. The van der Waals surface area contributed by atoms with Gasteiger partial charge in [0, 0.05) is 10.4 Å². The molecular formula is C19H12ClNO4. The molecule has 0 bridgehead atoms. The van der Waals surface area contributed by atoms with Crippen LogP contribution in [0.3, 0.4) is 0 Å². The standard InChI is InChI=1S/C19H12ClNO4/c20-12-3-1-2-11(10-12)4-5-13-6-7-14-15(18(22)23)8-9-16(19(24)25)17(14)21-13/h1-10H,(H,22,23)(H,24,25)/b5-4+. The zero-order chi connectivity index (χ0) is 18.0. The van der Waals surface area contributed by atoms with Crippen molar-refractivity contribution < 1.29 is 19.8 Å². The van der Waals surface area contributed by atoms with Gasteiger partial charge in [0.25, 0.3) is 0 Å². The molecule has 0 aliphatic heterocycles. The van der Waals surface area contributed by atoms with Crippen molar-refractivity contribution in [1.29, 1.82) is 0 Å². The molecule has 0 radical (unpaired) electrons. The lowest BCUT2D eigenvalue weighted by atomic mass is 10.0. The van der Waals surface area contributed by atoms with E-state index in [1.54, 1.807) is 36.4 Å². The Hall–Kier alpha value is -3.18. The largest absolute Gasteiger partial charge is 0.478 e. The van der Waals surface area contributed by atoms with E-state index in [1.807, 2.05) is 12.1 Å². The monoisotopic (exact) mass is 353 g/mol. The average Bonchev–Trinajstić information content (AvgIpc) is 2.58. The molecule has 25 heavy (non-hydrogen) atoms. The van der Waals surface area contributed by atoms with Crippen molar-refractivity contribution in [2.45, 2.75) is 0 Å². The van der Waals surface area contributed by atoms with Gasteiger partial charge < -0.3 is 10.2 Å². The van der Waals surface area contributed by atoms with Gasteiger partial charge >= 0.3 is 11.9 Å². The van der Waals surface area contributed by atoms with Crippen LogP contribution in [-0.4, -0.2) is 27.1 Å². The second-order valence-electron chi connectivity index (χ2n) is 5.29. The van der Waals surface area contributed by atoms with E-state index in [2.05, 4.69) is 4.98 Å². The van der Waals surface area contributed by atoms with E-state index in [9.17, 15) is 19.8 Å². The summed E-state index contributed by atoms with van der Waals surface area (Å²) in [4.78, 5) is 27.0. The number of halogens is 1. The Kier molecular flexibility index (Phi) is 4.50. The van der Waals surface area contributed by atoms with E-state index in [-0.39, 0.29) is 22.0 Å². The van der Waals surface area contributed by atoms with Crippen LogP contribution in [-0.2, 0) is 0 Å². The highest BCUT2D eigenvalue weighted by Crippen LogP contribution is 2.23. The SMILES string of the molecule is O=C(O)c1ccc(C(=O)O)c2nc(/C=C/c3cccc(Cl)c3)ccc12. The topological polar surface area (TPSA) is 87.5 Å². The van der Waals surface area contributed by atoms with Crippen LogP contribution in [0.2, 0.25) is 5.02 Å². The lowest BCUT2D eigenvalue weighted by Crippen LogP contribution is -2.04. The number of carbonyl (C=O) groups is 2. The van der Waals surface area contributed by atoms with E-state index < -0.39 is 11.9 Å². The maximum Gasteiger partial charge on any atom is 0.337 e. The van der Waals surface area contributed by atoms with Gasteiger partial charge in [-0.3, -0.25) is 0 Å². The zero-order valence-corrected chi connectivity index (χ0v) is 13.6. The van der Waals surface area contributed by atoms with Crippen molar-refractivity contribution in [1.82, 2.24) is 4.98 Å². The van der Waals surface area contributed by atoms with Crippen molar-refractivity contribution in [3.63, 3.8) is 0 Å². The number of hydrogen-bond donors (Lipinski definition) is 2. The summed E-state index contributed by atoms with van der Waals surface area (Å²) in [6.07, 6.45) is 3.51. The Morgan fingerprint density at radius 3 is 2.32 bits per heavy atom. The van der Waals surface area contributed by atoms with Crippen molar-refractivity contribution in [3.05, 3.63) is 75.9 Å². The Balaban J connectivity index is 2.11. The number of benzene rings is 2. The number of hydrogen-bond acceptors (Lipinski definition) is 3. The zero-order valence-electron chi connectivity index (χ0n) is 12.8. The minimum absolute atomic E-state index is 0.0119. The molecule has 2 N–H and O–H groups in total. The fourth-order valence-electron chi connectivity index (χ4n) is 2.48. The van der Waals surface area contributed by atoms with Crippen LogP contribution in [0.5, 0.6) is 0 Å². The summed E-state index contributed by atoms with van der Waals surface area (Å²) in [6, 6.07) is 13.0. The van der Waals surface area contributed by atoms with Gasteiger partial charge in [0.1, 0.15) is 0 Å². The first-order valence-corrected chi connectivity index (χ1v) is 7.67. The Bertz CT molecular complexity index is 1030. The third-order valence-corrected chi connectivity index (χ3v) is 3.87. The molecule has 0 spiro atoms. The molecule has 0 aliphatic carbocycles. The molecule has 0 fully saturated rings. The highest BCUT2D eigenvalue weighted by molar-refractivity contribution is 6.30. The predicted molar refractivity (Wildman–Crippen MR) is 96.0 cm³/mol. The van der Waals surface area contributed by atoms with Gasteiger partial charge in [-0.15, -0.1) is 0 Å². The molecule has 1 heterocycles. The molecule has 2 aromatic carbocycles. The molecule has 0 aliphatic rings. The van der Waals surface area contributed by atoms with E-state index in [4.69, 9.17) is 11.6 Å². The molecule has 5 nitrogen and oxygen atoms in total. The molecule has 1 aromatic heterocycles. The number of fused-ring (bicyclic) bond motifs is 1. The van der Waals surface area contributed by atoms with Gasteiger partial charge in [0.2, 0.25) is 0 Å². The molecule has 0 saturated heterocycles. The lowest BCUT2D eigenvalue weighted by molar-refractivity contribution is 0.0684. The number of nitrogens with zero attached hydrogens (tertiary/aromatic N) is 1. The minimum Gasteiger partial charge on any atom is -0.478 e. The molecule has 3 rings (SSSR count). The van der Waals surface area contributed by atoms with E-state index in [0.717, 1.165) is 5.56 Å². The number of aromatic nitrogens is 1. The lowest BCUT2D eigenvalue weighted by Gasteiger charge is -2.06. The third-order valence-electron chi connectivity index (χ3n) is 3.63. The van der Waals surface area contributed by atoms with Gasteiger partial charge in [-0.05, 0) is 48.0 Å². The maximum absolute atomic E-state index is 11.4. The summed E-state index contributed by atoms with van der Waals surface area (Å²) in [5, 5.41) is 19.5. The summed E-state index contributed by atoms with van der Waals surface area (Å²) in [6.45, 7) is 0. The second-order valence-corrected chi connectivity index (χ2v) is 5.73. The fraction of sp³-hybridized carbons (Fsp3) is 0. The quantitative estimate of drug-likeness (QED) is 0.723. The van der Waals surface area contributed by atoms with E-state index in [1.165, 1.54) is 12.1 Å². The minimum atomic E-state index is -1.16. The van der Waals surface area contributed by atoms with Crippen molar-refractivity contribution in [2.75, 3.05) is 0 Å². The molecule has 6 heteroatoms. The van der Waals surface area contributed by atoms with Gasteiger partial charge in [-0.1, -0.05) is 29.8 Å². The smallest absolute Gasteiger partial charge is 0.337 e. The van der Waals surface area contributed by atoms with Crippen LogP contribution >= 0.6 is 11.6 Å². The molecule has 0 saturated carbocycles. The summed E-state index contributed by atoms with van der Waals surface area (Å²) >= 11 is 5.94. The second kappa shape index (κ2) is 6.75. The maximum atomic E-state index is 11.4. The number of carboxylic acid groups (broad SMARTS) is 2. The summed E-state index contributed by atoms with van der Waals surface area (Å²) in [5.74, 6) is -2.30. The average molecular weight is 354 g/mol. The Labute approximate surface area is 147 Å². The highest BCUT2D eigenvalue weighted by Gasteiger charge is 2.16. The summed E-state index contributed by atoms with van der Waals surface area (Å²) in [5.41, 5.74) is 1.49. The molecule has 3 aromatic rings. The first-order valence-electron chi connectivity index (χ1n) is 7.30. The van der Waals surface area contributed by atoms with Crippen LogP contribution in [0.1, 0.15) is 32.0 Å². The predicted octanol–water partition coefficient (Wildman–Crippen LogP) is 4.46. The van der Waals surface area contributed by atoms with E-state index in [0.29, 0.717) is 10.7 Å². The number of rotatable bonds is 4. The number of aromatic carboxylic acids is 2. The molecule has 0 amide bonds. The Morgan fingerprint density at radius 2 is 1.64 bits per heavy atom. The molecule has 0 atom stereocenters. The molecule has 124 valence electrons. The normalized spacial score (nSPS) is 11.1. The number of pyridine rings is 1. The number of carboxylic acids is 2. The summed E-state index contributed by atoms with van der Waals surface area (Å²) < 4.78 is 0. The first-order chi connectivity index (χ1) is 12.0. The molecular weight excluding hydrogens is 342 g/mol. The highest BCUT2D eigenvalue weighted by atomic mass is 35.5. The van der Waals surface area contributed by atoms with Gasteiger partial charge in [-0.2, -0.15) is 0 Å².